The fourth-order valence-electron chi connectivity index (χ4n) is 7.03. The number of nitrogens with two attached hydrogens (primary N) is 1. The number of hydrogen-bond donors (Lipinski definition) is 7. The molecule has 0 aromatic heterocycles. The van der Waals surface area contributed by atoms with Gasteiger partial charge in [0, 0.05) is 41.1 Å². The third kappa shape index (κ3) is 4.05. The van der Waals surface area contributed by atoms with E-state index >= 15 is 0 Å². The van der Waals surface area contributed by atoms with Crippen molar-refractivity contribution in [1.29, 1.82) is 0 Å². The van der Waals surface area contributed by atoms with Crippen LogP contribution in [0.5, 0.6) is 5.75 Å². The number of aromatic hydroxyl groups is 1. The van der Waals surface area contributed by atoms with Crippen molar-refractivity contribution >= 4 is 23.4 Å². The number of aliphatic hydroxyl groups excluding tert-OH is 3. The van der Waals surface area contributed by atoms with Gasteiger partial charge in [0.05, 0.1) is 17.8 Å². The minimum absolute atomic E-state index is 0.140. The van der Waals surface area contributed by atoms with Crippen LogP contribution in [0.3, 0.4) is 0 Å². The van der Waals surface area contributed by atoms with Gasteiger partial charge in [-0.05, 0) is 37.7 Å². The van der Waals surface area contributed by atoms with Gasteiger partial charge in [-0.25, -0.2) is 0 Å². The van der Waals surface area contributed by atoms with Gasteiger partial charge in [0.2, 0.25) is 5.91 Å². The quantitative estimate of drug-likeness (QED) is 0.231. The van der Waals surface area contributed by atoms with Gasteiger partial charge in [0.1, 0.15) is 17.4 Å². The monoisotopic (exact) mass is 579 g/mol. The lowest BCUT2D eigenvalue weighted by Crippen LogP contribution is -2.74. The molecule has 0 aliphatic heterocycles. The number of likely N-dealkylation sites (N-methyl/N-ethyl adjacent to an activating group) is 1. The van der Waals surface area contributed by atoms with E-state index in [9.17, 15) is 44.7 Å². The molecule has 12 nitrogen and oxygen atoms in total. The number of rotatable bonds is 5. The Balaban J connectivity index is 1.60. The summed E-state index contributed by atoms with van der Waals surface area (Å²) in [5.74, 6) is -10.7. The molecule has 2 aromatic carbocycles. The molecule has 0 bridgehead atoms. The zero-order valence-electron chi connectivity index (χ0n) is 23.2. The summed E-state index contributed by atoms with van der Waals surface area (Å²) in [4.78, 5) is 53.6. The van der Waals surface area contributed by atoms with E-state index in [-0.39, 0.29) is 17.7 Å². The van der Waals surface area contributed by atoms with Crippen molar-refractivity contribution < 1.29 is 44.7 Å². The molecule has 3 aliphatic rings. The first-order valence-corrected chi connectivity index (χ1v) is 13.5. The molecule has 1 saturated carbocycles. The Morgan fingerprint density at radius 1 is 1.02 bits per heavy atom. The summed E-state index contributed by atoms with van der Waals surface area (Å²) in [7, 11) is 3.01. The second-order valence-corrected chi connectivity index (χ2v) is 11.5. The number of amides is 2. The van der Waals surface area contributed by atoms with Crippen molar-refractivity contribution in [1.82, 2.24) is 10.2 Å². The van der Waals surface area contributed by atoms with Crippen LogP contribution in [0.1, 0.15) is 44.7 Å². The van der Waals surface area contributed by atoms with Crippen LogP contribution in [0.15, 0.2) is 53.8 Å². The third-order valence-corrected chi connectivity index (χ3v) is 9.06. The summed E-state index contributed by atoms with van der Waals surface area (Å²) >= 11 is 0. The smallest absolute Gasteiger partial charge is 0.251 e. The average Bonchev–Trinajstić information content (AvgIpc) is 2.94. The van der Waals surface area contributed by atoms with Crippen LogP contribution in [0, 0.1) is 17.8 Å². The number of phenols is 1. The number of carbonyl (C=O) groups excluding carboxylic acids is 4. The Kier molecular flexibility index (Phi) is 7.22. The molecule has 0 heterocycles. The minimum atomic E-state index is -2.93. The topological polar surface area (TPSA) is 211 Å². The Labute approximate surface area is 241 Å². The lowest BCUT2D eigenvalue weighted by molar-refractivity contribution is -0.194. The molecule has 2 unspecified atom stereocenters. The minimum Gasteiger partial charge on any atom is -0.508 e. The summed E-state index contributed by atoms with van der Waals surface area (Å²) in [6.45, 7) is 1.52. The summed E-state index contributed by atoms with van der Waals surface area (Å²) < 4.78 is 0. The molecular formula is C30H33N3O9. The predicted molar refractivity (Wildman–Crippen MR) is 147 cm³/mol. The summed E-state index contributed by atoms with van der Waals surface area (Å²) in [6.07, 6.45) is -3.35. The fraction of sp³-hybridized carbons (Fsp3) is 0.400. The second kappa shape index (κ2) is 10.3. The van der Waals surface area contributed by atoms with Gasteiger partial charge in [-0.2, -0.15) is 0 Å². The molecule has 0 spiro atoms. The van der Waals surface area contributed by atoms with E-state index in [1.54, 1.807) is 43.3 Å². The number of hydrogen-bond acceptors (Lipinski definition) is 10. The highest BCUT2D eigenvalue weighted by Crippen LogP contribution is 2.55. The maximum atomic E-state index is 14.0. The molecule has 1 fully saturated rings. The Hall–Kier alpha value is -4.10. The number of ketones is 2. The largest absolute Gasteiger partial charge is 0.508 e. The standard InChI is InChI=1S/C30H33N3O9/c1-12-15-10-9-14(11-32-29(41)13-7-5-4-6-8-13)22(34)17(15)23(35)18-16(12)24(36)20-21(33(2)3)25(37)19(28(31)40)27(39)30(20,42)26(18)38/h4-10,12,16,19-21,24-25,34,36-38,42H,11H2,1-3H3,(H2,31,40)(H,32,41)/t12-,16+,19?,20+,21-,24-,25?,30-/m0/s1. The van der Waals surface area contributed by atoms with Crippen molar-refractivity contribution in [3.05, 3.63) is 76.1 Å². The molecule has 5 rings (SSSR count). The SMILES string of the molecule is C[C@H]1c2ccc(CNC(=O)c3ccccc3)c(O)c2C(=O)C2=C(O)[C@]3(O)C(=O)C(C(N)=O)C(O)[C@@H](N(C)C)[C@@H]3[C@@H](O)[C@@H]21. The van der Waals surface area contributed by atoms with Crippen molar-refractivity contribution in [2.75, 3.05) is 14.1 Å². The van der Waals surface area contributed by atoms with Gasteiger partial charge in [-0.1, -0.05) is 37.3 Å². The highest BCUT2D eigenvalue weighted by molar-refractivity contribution is 6.16. The summed E-state index contributed by atoms with van der Waals surface area (Å²) in [5.41, 5.74) is 2.72. The highest BCUT2D eigenvalue weighted by atomic mass is 16.4. The van der Waals surface area contributed by atoms with E-state index in [1.165, 1.54) is 25.1 Å². The normalized spacial score (nSPS) is 32.2. The molecule has 2 amide bonds. The Bertz CT molecular complexity index is 1520. The lowest BCUT2D eigenvalue weighted by atomic mass is 9.53. The molecule has 12 heteroatoms. The molecule has 222 valence electrons. The number of nitrogens with zero attached hydrogens (tertiary/aromatic N) is 1. The number of Topliss-reactive ketones (excluding diaryl/α,β-unsaturated/α-hetero) is 2. The number of benzene rings is 2. The molecular weight excluding hydrogens is 546 g/mol. The Morgan fingerprint density at radius 3 is 2.26 bits per heavy atom. The van der Waals surface area contributed by atoms with E-state index in [2.05, 4.69) is 5.32 Å². The molecule has 0 saturated heterocycles. The Morgan fingerprint density at radius 2 is 1.67 bits per heavy atom. The molecule has 3 aliphatic carbocycles. The van der Waals surface area contributed by atoms with E-state index < -0.39 is 88.0 Å². The van der Waals surface area contributed by atoms with Crippen LogP contribution in [0.4, 0.5) is 0 Å². The zero-order valence-corrected chi connectivity index (χ0v) is 23.2. The van der Waals surface area contributed by atoms with Gasteiger partial charge in [-0.15, -0.1) is 0 Å². The maximum absolute atomic E-state index is 14.0. The van der Waals surface area contributed by atoms with E-state index in [0.717, 1.165) is 0 Å². The van der Waals surface area contributed by atoms with Gasteiger partial charge in [0.25, 0.3) is 5.91 Å². The van der Waals surface area contributed by atoms with Crippen LogP contribution in [0.25, 0.3) is 0 Å². The first-order valence-electron chi connectivity index (χ1n) is 13.5. The van der Waals surface area contributed by atoms with E-state index in [1.807, 2.05) is 0 Å². The van der Waals surface area contributed by atoms with Crippen molar-refractivity contribution in [2.45, 2.75) is 43.2 Å². The van der Waals surface area contributed by atoms with Crippen molar-refractivity contribution in [2.24, 2.45) is 23.5 Å². The van der Waals surface area contributed by atoms with Crippen molar-refractivity contribution in [3.8, 4) is 5.75 Å². The molecule has 42 heavy (non-hydrogen) atoms. The van der Waals surface area contributed by atoms with Gasteiger partial charge in [0.15, 0.2) is 17.2 Å². The van der Waals surface area contributed by atoms with E-state index in [0.29, 0.717) is 11.1 Å². The van der Waals surface area contributed by atoms with Crippen LogP contribution in [-0.2, 0) is 16.1 Å². The van der Waals surface area contributed by atoms with E-state index in [4.69, 9.17) is 5.73 Å². The number of carbonyl (C=O) groups is 4. The van der Waals surface area contributed by atoms with Crippen LogP contribution in [-0.4, -0.2) is 91.8 Å². The molecule has 0 radical (unpaired) electrons. The number of phenolic OH excluding ortho intramolecular Hbond substituents is 1. The predicted octanol–water partition coefficient (Wildman–Crippen LogP) is -0.253. The second-order valence-electron chi connectivity index (χ2n) is 11.5. The number of aliphatic hydroxyl groups is 4. The maximum Gasteiger partial charge on any atom is 0.251 e. The summed E-state index contributed by atoms with van der Waals surface area (Å²) in [5, 5.41) is 59.8. The van der Waals surface area contributed by atoms with Crippen molar-refractivity contribution in [3.63, 3.8) is 0 Å². The highest BCUT2D eigenvalue weighted by Gasteiger charge is 2.69. The van der Waals surface area contributed by atoms with Gasteiger partial charge < -0.3 is 41.5 Å². The van der Waals surface area contributed by atoms with Crippen LogP contribution < -0.4 is 11.1 Å². The molecule has 8 atom stereocenters. The first kappa shape index (κ1) is 29.4. The zero-order chi connectivity index (χ0) is 30.8. The van der Waals surface area contributed by atoms with Crippen LogP contribution >= 0.6 is 0 Å². The van der Waals surface area contributed by atoms with Crippen LogP contribution in [0.2, 0.25) is 0 Å². The third-order valence-electron chi connectivity index (χ3n) is 9.06. The average molecular weight is 580 g/mol. The van der Waals surface area contributed by atoms with Gasteiger partial charge >= 0.3 is 0 Å². The number of nitrogens with one attached hydrogen (secondary N) is 1. The molecule has 8 N–H and O–H groups in total. The lowest BCUT2D eigenvalue weighted by Gasteiger charge is -2.56. The number of fused-ring (bicyclic) bond motifs is 3. The molecule has 2 aromatic rings. The fourth-order valence-corrected chi connectivity index (χ4v) is 7.03. The van der Waals surface area contributed by atoms with Gasteiger partial charge in [-0.3, -0.25) is 19.2 Å². The number of primary amides is 1. The summed E-state index contributed by atoms with van der Waals surface area (Å²) in [6, 6.07) is 10.3. The first-order chi connectivity index (χ1) is 19.7.